The van der Waals surface area contributed by atoms with E-state index in [9.17, 15) is 13.2 Å². The summed E-state index contributed by atoms with van der Waals surface area (Å²) in [6, 6.07) is 1.68. The van der Waals surface area contributed by atoms with Gasteiger partial charge >= 0.3 is 0 Å². The van der Waals surface area contributed by atoms with Crippen LogP contribution in [-0.2, 0) is 10.2 Å². The summed E-state index contributed by atoms with van der Waals surface area (Å²) in [5.74, 6) is 0.974. The zero-order valence-electron chi connectivity index (χ0n) is 16.9. The van der Waals surface area contributed by atoms with Gasteiger partial charge in [0.05, 0.1) is 0 Å². The van der Waals surface area contributed by atoms with Crippen molar-refractivity contribution in [2.75, 3.05) is 13.1 Å². The Hall–Kier alpha value is -1.20. The first-order valence-electron chi connectivity index (χ1n) is 10.7. The molecule has 3 N–H and O–H groups in total. The minimum atomic E-state index is -3.48. The van der Waals surface area contributed by atoms with E-state index in [-0.39, 0.29) is 42.5 Å². The highest BCUT2D eigenvalue weighted by atomic mass is 35.5. The van der Waals surface area contributed by atoms with Gasteiger partial charge in [-0.1, -0.05) is 5.16 Å². The molecule has 1 aromatic rings. The molecule has 168 valence electrons. The molecule has 4 fully saturated rings. The van der Waals surface area contributed by atoms with Gasteiger partial charge in [0.2, 0.25) is 0 Å². The first kappa shape index (κ1) is 22.0. The fourth-order valence-electron chi connectivity index (χ4n) is 5.08. The van der Waals surface area contributed by atoms with Gasteiger partial charge in [-0.3, -0.25) is 4.79 Å². The van der Waals surface area contributed by atoms with E-state index in [4.69, 9.17) is 10.3 Å². The second-order valence-corrected chi connectivity index (χ2v) is 10.8. The maximum absolute atomic E-state index is 13.2. The van der Waals surface area contributed by atoms with Crippen LogP contribution in [0.3, 0.4) is 0 Å². The average Bonchev–Trinajstić information content (AvgIpc) is 3.34. The summed E-state index contributed by atoms with van der Waals surface area (Å²) in [4.78, 5) is 12.6. The zero-order valence-corrected chi connectivity index (χ0v) is 18.5. The van der Waals surface area contributed by atoms with Crippen LogP contribution in [-0.4, -0.2) is 65.3 Å². The van der Waals surface area contributed by atoms with Gasteiger partial charge in [-0.2, -0.15) is 17.0 Å². The topological polar surface area (TPSA) is 122 Å². The first-order valence-corrected chi connectivity index (χ1v) is 12.1. The number of halogens is 1. The number of rotatable bonds is 5. The van der Waals surface area contributed by atoms with Gasteiger partial charge in [0.15, 0.2) is 5.69 Å². The second kappa shape index (κ2) is 8.38. The number of carbonyl (C=O) groups is 1. The van der Waals surface area contributed by atoms with Crippen molar-refractivity contribution in [2.24, 2.45) is 5.73 Å². The van der Waals surface area contributed by atoms with Crippen molar-refractivity contribution in [3.05, 3.63) is 17.5 Å². The highest BCUT2D eigenvalue weighted by molar-refractivity contribution is 7.86. The van der Waals surface area contributed by atoms with Crippen LogP contribution in [0.5, 0.6) is 0 Å². The fraction of sp³-hybridized carbons (Fsp3) is 0.789. The Labute approximate surface area is 183 Å². The summed E-state index contributed by atoms with van der Waals surface area (Å²) in [5, 5.41) is 6.96. The maximum Gasteiger partial charge on any atom is 0.282 e. The Morgan fingerprint density at radius 3 is 2.33 bits per heavy atom. The largest absolute Gasteiger partial charge is 0.360 e. The molecule has 3 aliphatic heterocycles. The van der Waals surface area contributed by atoms with E-state index in [0.717, 1.165) is 31.4 Å². The standard InChI is InChI=1S/C19H29N5O4S.ClH/c20-13-5-7-23(8-6-13)29(26,27)24-15-3-4-16(24)10-14(9-15)21-19(25)17-11-18(28-22-17)12-1-2-12;/h11-16H,1-10,20H2,(H,21,25);1H/t14-,15+,16-;. The normalized spacial score (nSPS) is 30.8. The number of carbonyl (C=O) groups excluding carboxylic acids is 1. The molecule has 0 aromatic carbocycles. The van der Waals surface area contributed by atoms with Gasteiger partial charge in [-0.05, 0) is 51.4 Å². The Kier molecular flexibility index (Phi) is 6.15. The molecule has 0 unspecified atom stereocenters. The summed E-state index contributed by atoms with van der Waals surface area (Å²) < 4.78 is 35.1. The van der Waals surface area contributed by atoms with E-state index in [1.54, 1.807) is 14.7 Å². The molecule has 3 saturated heterocycles. The van der Waals surface area contributed by atoms with Crippen LogP contribution in [0.4, 0.5) is 0 Å². The lowest BCUT2D eigenvalue weighted by atomic mass is 9.99. The second-order valence-electron chi connectivity index (χ2n) is 8.99. The number of hydrogen-bond acceptors (Lipinski definition) is 6. The van der Waals surface area contributed by atoms with E-state index < -0.39 is 10.2 Å². The number of hydrogen-bond donors (Lipinski definition) is 2. The van der Waals surface area contributed by atoms with E-state index in [0.29, 0.717) is 50.4 Å². The molecule has 3 atom stereocenters. The maximum atomic E-state index is 13.2. The van der Waals surface area contributed by atoms with Crippen LogP contribution in [0.25, 0.3) is 0 Å². The van der Waals surface area contributed by atoms with Gasteiger partial charge in [-0.15, -0.1) is 12.4 Å². The van der Waals surface area contributed by atoms with Gasteiger partial charge in [0.25, 0.3) is 16.1 Å². The number of fused-ring (bicyclic) bond motifs is 2. The molecule has 0 radical (unpaired) electrons. The summed E-state index contributed by atoms with van der Waals surface area (Å²) in [6.07, 6.45) is 6.58. The summed E-state index contributed by atoms with van der Waals surface area (Å²) >= 11 is 0. The van der Waals surface area contributed by atoms with E-state index in [2.05, 4.69) is 10.5 Å². The molecule has 5 rings (SSSR count). The molecule has 30 heavy (non-hydrogen) atoms. The number of aromatic nitrogens is 1. The van der Waals surface area contributed by atoms with Crippen molar-refractivity contribution in [3.8, 4) is 0 Å². The van der Waals surface area contributed by atoms with Crippen molar-refractivity contribution < 1.29 is 17.7 Å². The Bertz CT molecular complexity index is 867. The van der Waals surface area contributed by atoms with Crippen molar-refractivity contribution in [2.45, 2.75) is 81.5 Å². The fourth-order valence-corrected chi connectivity index (χ4v) is 7.16. The van der Waals surface area contributed by atoms with E-state index >= 15 is 0 Å². The third-order valence-electron chi connectivity index (χ3n) is 6.83. The monoisotopic (exact) mass is 459 g/mol. The van der Waals surface area contributed by atoms with Crippen molar-refractivity contribution in [1.82, 2.24) is 19.1 Å². The number of amides is 1. The van der Waals surface area contributed by atoms with Crippen LogP contribution in [0.2, 0.25) is 0 Å². The van der Waals surface area contributed by atoms with Gasteiger partial charge in [0.1, 0.15) is 5.76 Å². The number of piperidine rings is 2. The quantitative estimate of drug-likeness (QED) is 0.685. The van der Waals surface area contributed by atoms with Crippen LogP contribution in [0, 0.1) is 0 Å². The van der Waals surface area contributed by atoms with Crippen molar-refractivity contribution >= 4 is 28.5 Å². The smallest absolute Gasteiger partial charge is 0.282 e. The number of nitrogens with one attached hydrogen (secondary N) is 1. The van der Waals surface area contributed by atoms with Crippen LogP contribution in [0.1, 0.15) is 73.5 Å². The van der Waals surface area contributed by atoms with E-state index in [1.807, 2.05) is 0 Å². The molecule has 4 heterocycles. The predicted octanol–water partition coefficient (Wildman–Crippen LogP) is 1.37. The lowest BCUT2D eigenvalue weighted by Crippen LogP contribution is -2.57. The lowest BCUT2D eigenvalue weighted by molar-refractivity contribution is 0.0897. The lowest BCUT2D eigenvalue weighted by Gasteiger charge is -2.41. The van der Waals surface area contributed by atoms with Crippen LogP contribution >= 0.6 is 12.4 Å². The zero-order chi connectivity index (χ0) is 20.2. The molecule has 1 amide bonds. The highest BCUT2D eigenvalue weighted by Crippen LogP contribution is 2.41. The molecule has 1 aliphatic carbocycles. The molecule has 1 aromatic heterocycles. The van der Waals surface area contributed by atoms with Crippen LogP contribution in [0.15, 0.2) is 10.6 Å². The summed E-state index contributed by atoms with van der Waals surface area (Å²) in [5.41, 5.74) is 6.25. The molecule has 2 bridgehead atoms. The number of nitrogens with zero attached hydrogens (tertiary/aromatic N) is 3. The average molecular weight is 460 g/mol. The molecule has 9 nitrogen and oxygen atoms in total. The molecule has 4 aliphatic rings. The SMILES string of the molecule is Cl.NC1CCN(S(=O)(=O)N2[C@@H]3CC[C@H]2C[C@@H](NC(=O)c2cc(C4CC4)on2)C3)CC1. The molecule has 1 saturated carbocycles. The summed E-state index contributed by atoms with van der Waals surface area (Å²) in [7, 11) is -3.48. The van der Waals surface area contributed by atoms with Gasteiger partial charge in [0, 0.05) is 49.2 Å². The molecular weight excluding hydrogens is 430 g/mol. The Balaban J connectivity index is 0.00000218. The minimum absolute atomic E-state index is 0. The molecule has 11 heteroatoms. The van der Waals surface area contributed by atoms with Crippen molar-refractivity contribution in [1.29, 1.82) is 0 Å². The Morgan fingerprint density at radius 2 is 1.73 bits per heavy atom. The van der Waals surface area contributed by atoms with Crippen LogP contribution < -0.4 is 11.1 Å². The third-order valence-corrected chi connectivity index (χ3v) is 8.98. The highest BCUT2D eigenvalue weighted by Gasteiger charge is 2.49. The number of nitrogens with two attached hydrogens (primary N) is 1. The predicted molar refractivity (Wildman–Crippen MR) is 113 cm³/mol. The third kappa shape index (κ3) is 4.12. The van der Waals surface area contributed by atoms with Gasteiger partial charge in [-0.25, -0.2) is 0 Å². The van der Waals surface area contributed by atoms with E-state index in [1.165, 1.54) is 0 Å². The van der Waals surface area contributed by atoms with Crippen molar-refractivity contribution in [3.63, 3.8) is 0 Å². The molecule has 0 spiro atoms. The molecular formula is C19H30ClN5O4S. The van der Waals surface area contributed by atoms with Gasteiger partial charge < -0.3 is 15.6 Å². The Morgan fingerprint density at radius 1 is 1.10 bits per heavy atom. The first-order chi connectivity index (χ1) is 13.9. The summed E-state index contributed by atoms with van der Waals surface area (Å²) in [6.45, 7) is 0.990. The minimum Gasteiger partial charge on any atom is -0.360 e.